The fourth-order valence-electron chi connectivity index (χ4n) is 12.4. The van der Waals surface area contributed by atoms with Crippen molar-refractivity contribution in [3.63, 3.8) is 0 Å². The van der Waals surface area contributed by atoms with Gasteiger partial charge in [0.2, 0.25) is 0 Å². The number of allylic oxidation sites excluding steroid dienone is 28. The summed E-state index contributed by atoms with van der Waals surface area (Å²) in [4.78, 5) is 58.9. The Balaban J connectivity index is 4.51. The molecule has 0 radical (unpaired) electrons. The Morgan fingerprint density at radius 2 is 0.462 bits per heavy atom. The molecule has 5 atom stereocenters. The number of phosphoric acid groups is 2. The predicted molar refractivity (Wildman–Crippen MR) is 491 cm³/mol. The molecule has 0 fully saturated rings. The van der Waals surface area contributed by atoms with E-state index in [4.69, 9.17) is 32.3 Å². The first-order valence-corrected chi connectivity index (χ1v) is 49.4. The zero-order valence-electron chi connectivity index (χ0n) is 73.8. The Morgan fingerprint density at radius 1 is 0.248 bits per heavy atom. The summed E-state index contributed by atoms with van der Waals surface area (Å²) < 4.78 is 61.4. The van der Waals surface area contributed by atoms with E-state index in [-0.39, 0.29) is 19.3 Å². The number of esters is 3. The zero-order chi connectivity index (χ0) is 85.1. The summed E-state index contributed by atoms with van der Waals surface area (Å²) in [5, 5.41) is 20.7. The van der Waals surface area contributed by atoms with Crippen molar-refractivity contribution < 1.29 is 75.8 Å². The molecule has 0 aliphatic carbocycles. The maximum absolute atomic E-state index is 13.0. The van der Waals surface area contributed by atoms with E-state index >= 15 is 0 Å². The summed E-state index contributed by atoms with van der Waals surface area (Å²) in [6, 6.07) is 0. The van der Waals surface area contributed by atoms with Gasteiger partial charge in [0.25, 0.3) is 0 Å². The summed E-state index contributed by atoms with van der Waals surface area (Å²) in [7, 11) is -9.83. The molecule has 0 aromatic rings. The minimum absolute atomic E-state index is 0.0229. The maximum Gasteiger partial charge on any atom is 0.472 e. The lowest BCUT2D eigenvalue weighted by Crippen LogP contribution is -2.30. The van der Waals surface area contributed by atoms with Gasteiger partial charge in [0.15, 0.2) is 6.10 Å². The fraction of sp³-hybridized carbons (Fsp3) is 0.687. The second-order valence-corrected chi connectivity index (χ2v) is 33.6. The van der Waals surface area contributed by atoms with Crippen LogP contribution in [0, 0.1) is 0 Å². The van der Waals surface area contributed by atoms with Gasteiger partial charge in [-0.25, -0.2) is 9.13 Å². The lowest BCUT2D eigenvalue weighted by molar-refractivity contribution is -0.161. The van der Waals surface area contributed by atoms with Gasteiger partial charge in [-0.2, -0.15) is 0 Å². The van der Waals surface area contributed by atoms with Gasteiger partial charge >= 0.3 is 33.6 Å². The molecule has 16 nitrogen and oxygen atoms in total. The number of phosphoric ester groups is 2. The van der Waals surface area contributed by atoms with Crippen LogP contribution < -0.4 is 0 Å². The van der Waals surface area contributed by atoms with E-state index in [2.05, 4.69) is 179 Å². The molecule has 4 N–H and O–H groups in total. The van der Waals surface area contributed by atoms with Gasteiger partial charge in [-0.1, -0.05) is 384 Å². The quantitative estimate of drug-likeness (QED) is 0.0146. The van der Waals surface area contributed by atoms with Gasteiger partial charge in [0.1, 0.15) is 25.4 Å². The van der Waals surface area contributed by atoms with Crippen molar-refractivity contribution in [3.8, 4) is 0 Å². The molecule has 0 saturated carbocycles. The second kappa shape index (κ2) is 90.2. The maximum atomic E-state index is 13.0. The molecule has 0 bridgehead atoms. The number of aliphatic hydroxyl groups is 2. The zero-order valence-corrected chi connectivity index (χ0v) is 75.6. The van der Waals surface area contributed by atoms with Crippen LogP contribution in [0.3, 0.4) is 0 Å². The Kier molecular flexibility index (Phi) is 86.2. The molecule has 5 unspecified atom stereocenters. The normalized spacial score (nSPS) is 14.6. The van der Waals surface area contributed by atoms with E-state index in [1.165, 1.54) is 186 Å². The molecule has 0 aliphatic heterocycles. The van der Waals surface area contributed by atoms with Crippen LogP contribution >= 0.6 is 15.6 Å². The van der Waals surface area contributed by atoms with E-state index in [9.17, 15) is 43.5 Å². The Bertz CT molecular complexity index is 2810. The molecule has 0 spiro atoms. The van der Waals surface area contributed by atoms with E-state index < -0.39 is 91.5 Å². The van der Waals surface area contributed by atoms with E-state index in [0.717, 1.165) is 128 Å². The van der Waals surface area contributed by atoms with Gasteiger partial charge in [0, 0.05) is 19.3 Å². The minimum Gasteiger partial charge on any atom is -0.463 e. The molecule has 0 heterocycles. The number of hydrogen-bond acceptors (Lipinski definition) is 14. The highest BCUT2D eigenvalue weighted by atomic mass is 31.2. The van der Waals surface area contributed by atoms with Gasteiger partial charge in [0.05, 0.1) is 26.4 Å². The molecular formula is C99H168O16P2. The lowest BCUT2D eigenvalue weighted by Gasteiger charge is -2.21. The van der Waals surface area contributed by atoms with Crippen molar-refractivity contribution in [2.75, 3.05) is 39.6 Å². The SMILES string of the molecule is CC/C=C\C/C=C\C/C=C\C/C=C\C/C=C\CCCCCCCCCCCCCCCCCC(=O)OCC(COP(=O)(O)OCC(O)COP(=O)(O)OCC(O)COC(=O)CCCCCCCCCCCCCCCCCCC/C=C\C/C=C\C/C=C\C/C=C\CCCCC)OC(=O)CCC/C=C\C/C=C\C/C=C\C/C=C\C/C=C\CC. The Hall–Kier alpha value is -5.09. The summed E-state index contributed by atoms with van der Waals surface area (Å²) in [6.07, 6.45) is 117. The fourth-order valence-corrected chi connectivity index (χ4v) is 14.0. The van der Waals surface area contributed by atoms with Crippen molar-refractivity contribution in [1.82, 2.24) is 0 Å². The molecule has 0 aromatic heterocycles. The van der Waals surface area contributed by atoms with Gasteiger partial charge in [-0.3, -0.25) is 32.5 Å². The van der Waals surface area contributed by atoms with Crippen LogP contribution in [0.4, 0.5) is 0 Å². The summed E-state index contributed by atoms with van der Waals surface area (Å²) in [6.45, 7) is 2.40. The van der Waals surface area contributed by atoms with Crippen LogP contribution in [-0.4, -0.2) is 95.9 Å². The summed E-state index contributed by atoms with van der Waals surface area (Å²) >= 11 is 0. The number of hydrogen-bond donors (Lipinski definition) is 4. The molecule has 670 valence electrons. The van der Waals surface area contributed by atoms with Crippen LogP contribution in [0.25, 0.3) is 0 Å². The number of ether oxygens (including phenoxy) is 3. The van der Waals surface area contributed by atoms with Crippen LogP contribution in [-0.2, 0) is 55.8 Å². The minimum atomic E-state index is -4.96. The van der Waals surface area contributed by atoms with E-state index in [1.807, 2.05) is 12.2 Å². The Morgan fingerprint density at radius 3 is 0.744 bits per heavy atom. The average Bonchev–Trinajstić information content (AvgIpc) is 0.894. The highest BCUT2D eigenvalue weighted by molar-refractivity contribution is 7.47. The van der Waals surface area contributed by atoms with Crippen molar-refractivity contribution in [2.45, 2.75) is 399 Å². The molecule has 0 aromatic carbocycles. The molecule has 18 heteroatoms. The van der Waals surface area contributed by atoms with Crippen LogP contribution in [0.1, 0.15) is 380 Å². The van der Waals surface area contributed by atoms with Gasteiger partial charge in [-0.05, 0) is 148 Å². The van der Waals surface area contributed by atoms with Crippen molar-refractivity contribution in [3.05, 3.63) is 170 Å². The van der Waals surface area contributed by atoms with Gasteiger partial charge in [-0.15, -0.1) is 0 Å². The summed E-state index contributed by atoms with van der Waals surface area (Å²) in [5.74, 6) is -1.64. The number of unbranched alkanes of at least 4 members (excludes halogenated alkanes) is 36. The third-order valence-electron chi connectivity index (χ3n) is 19.4. The van der Waals surface area contributed by atoms with Gasteiger partial charge < -0.3 is 34.2 Å². The van der Waals surface area contributed by atoms with Crippen molar-refractivity contribution >= 4 is 33.6 Å². The summed E-state index contributed by atoms with van der Waals surface area (Å²) in [5.41, 5.74) is 0. The first kappa shape index (κ1) is 112. The molecule has 0 rings (SSSR count). The molecular weight excluding hydrogens is 1510 g/mol. The van der Waals surface area contributed by atoms with Crippen LogP contribution in [0.2, 0.25) is 0 Å². The number of rotatable bonds is 87. The van der Waals surface area contributed by atoms with E-state index in [1.54, 1.807) is 0 Å². The molecule has 0 aliphatic rings. The number of aliphatic hydroxyl groups excluding tert-OH is 2. The van der Waals surface area contributed by atoms with Crippen molar-refractivity contribution in [1.29, 1.82) is 0 Å². The first-order chi connectivity index (χ1) is 57.2. The van der Waals surface area contributed by atoms with Crippen molar-refractivity contribution in [2.24, 2.45) is 0 Å². The first-order valence-electron chi connectivity index (χ1n) is 46.4. The topological polar surface area (TPSA) is 231 Å². The smallest absolute Gasteiger partial charge is 0.463 e. The van der Waals surface area contributed by atoms with Crippen LogP contribution in [0.5, 0.6) is 0 Å². The van der Waals surface area contributed by atoms with Crippen LogP contribution in [0.15, 0.2) is 170 Å². The lowest BCUT2D eigenvalue weighted by atomic mass is 10.0. The molecule has 0 amide bonds. The molecule has 0 saturated heterocycles. The monoisotopic (exact) mass is 1680 g/mol. The number of carbonyl (C=O) groups excluding carboxylic acids is 3. The number of carbonyl (C=O) groups is 3. The average molecular weight is 1680 g/mol. The largest absolute Gasteiger partial charge is 0.472 e. The highest BCUT2D eigenvalue weighted by Crippen LogP contribution is 2.45. The highest BCUT2D eigenvalue weighted by Gasteiger charge is 2.29. The standard InChI is InChI=1S/C99H168O16P2/c1-4-7-10-13-16-19-22-25-28-31-33-35-37-39-41-43-45-46-48-50-51-53-55-57-59-62-64-67-70-73-76-79-82-85-97(102)109-88-94(100)89-111-116(105,106)112-90-95(101)91-113-117(107,108)114-93-96(115-99(104)87-84-81-78-75-72-69-66-61-30-27-24-21-18-15-12-9-6-3)92-110-98(103)86-83-80-77-74-71-68-65-63-60-58-56-54-52-49-47-44-42-40-38-36-34-32-29-26-23-20-17-14-11-8-5-2/h8-9,11-12,16-21,25-30,33-36,39-42,66,69,75,78,94-96,100-101H,4-7,10,13-15,22-24,31-32,37-38,43-65,67-68,70-74,76-77,79-93H2,1-3H3,(H,105,106)(H,107,108)/b11-8-,12-9-,19-16-,20-17-,21-18-,28-25-,29-26-,30-27-,35-33-,36-34-,41-39-,42-40-,69-66-,78-75-. The third kappa shape index (κ3) is 91.5. The molecule has 117 heavy (non-hydrogen) atoms. The second-order valence-electron chi connectivity index (χ2n) is 30.7. The third-order valence-corrected chi connectivity index (χ3v) is 21.3. The van der Waals surface area contributed by atoms with E-state index in [0.29, 0.717) is 25.7 Å². The predicted octanol–water partition coefficient (Wildman–Crippen LogP) is 28.7. The Labute approximate surface area is 713 Å².